The molecule has 0 spiro atoms. The molecule has 1 saturated heterocycles. The summed E-state index contributed by atoms with van der Waals surface area (Å²) in [4.78, 5) is 14.5. The summed E-state index contributed by atoms with van der Waals surface area (Å²) in [6, 6.07) is 11.1. The summed E-state index contributed by atoms with van der Waals surface area (Å²) in [6.45, 7) is 0.738. The van der Waals surface area contributed by atoms with E-state index in [9.17, 15) is 10.0 Å². The van der Waals surface area contributed by atoms with Gasteiger partial charge in [-0.25, -0.2) is 0 Å². The fourth-order valence-corrected chi connectivity index (χ4v) is 2.90. The second kappa shape index (κ2) is 6.05. The predicted molar refractivity (Wildman–Crippen MR) is 81.4 cm³/mol. The lowest BCUT2D eigenvalue weighted by molar-refractivity contribution is -0.605. The number of nitrogens with zero attached hydrogens (tertiary/aromatic N) is 2. The third-order valence-corrected chi connectivity index (χ3v) is 4.06. The number of ether oxygens (including phenoxy) is 1. The Labute approximate surface area is 129 Å². The molecule has 1 aromatic heterocycles. The first-order chi connectivity index (χ1) is 10.7. The number of pyridine rings is 1. The summed E-state index contributed by atoms with van der Waals surface area (Å²) in [5.74, 6) is 0.779. The number of likely N-dealkylation sites (tertiary alicyclic amines) is 1. The molecule has 1 amide bonds. The van der Waals surface area contributed by atoms with Crippen LogP contribution in [-0.4, -0.2) is 24.5 Å². The summed E-state index contributed by atoms with van der Waals surface area (Å²) in [7, 11) is 1.64. The molecular weight excluding hydrogens is 280 g/mol. The van der Waals surface area contributed by atoms with Crippen LogP contribution in [0, 0.1) is 5.21 Å². The molecule has 22 heavy (non-hydrogen) atoms. The van der Waals surface area contributed by atoms with Crippen LogP contribution < -0.4 is 9.47 Å². The van der Waals surface area contributed by atoms with E-state index in [0.717, 1.165) is 30.7 Å². The van der Waals surface area contributed by atoms with Crippen LogP contribution in [0.5, 0.6) is 5.75 Å². The number of methoxy groups -OCH3 is 1. The van der Waals surface area contributed by atoms with Crippen LogP contribution in [0.1, 0.15) is 34.8 Å². The first-order valence-electron chi connectivity index (χ1n) is 7.33. The van der Waals surface area contributed by atoms with Gasteiger partial charge in [0.15, 0.2) is 12.4 Å². The number of hydrogen-bond acceptors (Lipinski definition) is 3. The Morgan fingerprint density at radius 2 is 1.91 bits per heavy atom. The van der Waals surface area contributed by atoms with Crippen molar-refractivity contribution < 1.29 is 14.3 Å². The number of rotatable bonds is 3. The molecule has 2 heterocycles. The van der Waals surface area contributed by atoms with E-state index < -0.39 is 0 Å². The van der Waals surface area contributed by atoms with Gasteiger partial charge in [-0.3, -0.25) is 4.79 Å². The van der Waals surface area contributed by atoms with Gasteiger partial charge in [0.25, 0.3) is 5.91 Å². The van der Waals surface area contributed by atoms with Crippen molar-refractivity contribution in [2.24, 2.45) is 0 Å². The first-order valence-corrected chi connectivity index (χ1v) is 7.33. The maximum atomic E-state index is 12.7. The minimum atomic E-state index is -0.0288. The lowest BCUT2D eigenvalue weighted by Crippen LogP contribution is -2.32. The van der Waals surface area contributed by atoms with Gasteiger partial charge in [-0.15, -0.1) is 0 Å². The number of carbonyl (C=O) groups is 1. The van der Waals surface area contributed by atoms with E-state index in [0.29, 0.717) is 10.3 Å². The number of aromatic nitrogens is 1. The smallest absolute Gasteiger partial charge is 0.254 e. The van der Waals surface area contributed by atoms with Crippen molar-refractivity contribution in [3.05, 3.63) is 65.1 Å². The molecule has 5 heteroatoms. The van der Waals surface area contributed by atoms with Crippen LogP contribution in [0.2, 0.25) is 0 Å². The minimum Gasteiger partial charge on any atom is -0.619 e. The molecule has 0 radical (unpaired) electrons. The van der Waals surface area contributed by atoms with Crippen molar-refractivity contribution in [1.29, 1.82) is 0 Å². The highest BCUT2D eigenvalue weighted by atomic mass is 16.5. The average Bonchev–Trinajstić information content (AvgIpc) is 3.04. The third kappa shape index (κ3) is 2.74. The van der Waals surface area contributed by atoms with E-state index >= 15 is 0 Å². The van der Waals surface area contributed by atoms with Gasteiger partial charge in [-0.2, -0.15) is 4.73 Å². The van der Waals surface area contributed by atoms with Gasteiger partial charge in [0.1, 0.15) is 5.75 Å². The molecule has 0 aliphatic carbocycles. The van der Waals surface area contributed by atoms with Gasteiger partial charge < -0.3 is 14.8 Å². The fourth-order valence-electron chi connectivity index (χ4n) is 2.90. The molecule has 0 saturated carbocycles. The summed E-state index contributed by atoms with van der Waals surface area (Å²) in [5.41, 5.74) is 1.66. The van der Waals surface area contributed by atoms with Crippen LogP contribution in [0.3, 0.4) is 0 Å². The van der Waals surface area contributed by atoms with Crippen LogP contribution in [0.4, 0.5) is 0 Å². The normalized spacial score (nSPS) is 17.5. The van der Waals surface area contributed by atoms with E-state index in [1.807, 2.05) is 29.2 Å². The van der Waals surface area contributed by atoms with Crippen molar-refractivity contribution in [2.75, 3.05) is 13.7 Å². The fraction of sp³-hybridized carbons (Fsp3) is 0.294. The Morgan fingerprint density at radius 3 is 2.55 bits per heavy atom. The molecular formula is C17H18N2O3. The van der Waals surface area contributed by atoms with Gasteiger partial charge >= 0.3 is 0 Å². The Kier molecular flexibility index (Phi) is 3.96. The molecule has 2 aromatic rings. The maximum Gasteiger partial charge on any atom is 0.254 e. The lowest BCUT2D eigenvalue weighted by atomic mass is 10.0. The van der Waals surface area contributed by atoms with Gasteiger partial charge in [0.2, 0.25) is 0 Å². The first kappa shape index (κ1) is 14.4. The Balaban J connectivity index is 1.82. The van der Waals surface area contributed by atoms with Crippen LogP contribution in [0.15, 0.2) is 48.8 Å². The van der Waals surface area contributed by atoms with Gasteiger partial charge in [-0.1, -0.05) is 12.1 Å². The van der Waals surface area contributed by atoms with E-state index in [1.54, 1.807) is 19.2 Å². The molecule has 0 N–H and O–H groups in total. The van der Waals surface area contributed by atoms with Crippen molar-refractivity contribution in [1.82, 2.24) is 4.90 Å². The van der Waals surface area contributed by atoms with Crippen LogP contribution in [0.25, 0.3) is 0 Å². The molecule has 3 rings (SSSR count). The van der Waals surface area contributed by atoms with Gasteiger partial charge in [0, 0.05) is 18.7 Å². The van der Waals surface area contributed by atoms with Crippen LogP contribution in [-0.2, 0) is 0 Å². The second-order valence-electron chi connectivity index (χ2n) is 5.38. The Hall–Kier alpha value is -2.56. The molecule has 5 nitrogen and oxygen atoms in total. The molecule has 114 valence electrons. The number of amides is 1. The Bertz CT molecular complexity index is 653. The van der Waals surface area contributed by atoms with Gasteiger partial charge in [-0.05, 0) is 30.5 Å². The molecule has 1 atom stereocenters. The summed E-state index contributed by atoms with van der Waals surface area (Å²) >= 11 is 0. The average molecular weight is 298 g/mol. The quantitative estimate of drug-likeness (QED) is 0.645. The minimum absolute atomic E-state index is 0.0288. The summed E-state index contributed by atoms with van der Waals surface area (Å²) in [5, 5.41) is 11.1. The highest BCUT2D eigenvalue weighted by molar-refractivity contribution is 5.94. The zero-order valence-corrected chi connectivity index (χ0v) is 12.4. The zero-order valence-electron chi connectivity index (χ0n) is 12.4. The van der Waals surface area contributed by atoms with E-state index in [2.05, 4.69) is 0 Å². The molecule has 1 aromatic carbocycles. The highest BCUT2D eigenvalue weighted by Gasteiger charge is 2.30. The number of carbonyl (C=O) groups excluding carboxylic acids is 1. The molecule has 1 fully saturated rings. The van der Waals surface area contributed by atoms with E-state index in [1.165, 1.54) is 12.4 Å². The van der Waals surface area contributed by atoms with E-state index in [4.69, 9.17) is 4.74 Å². The standard InChI is InChI=1S/C17H18N2O3/c1-22-15-6-4-13(5-7-15)16-3-2-10-19(16)17(20)14-8-11-18(21)12-9-14/h4-9,11-12,16H,2-3,10H2,1H3. The predicted octanol–water partition coefficient (Wildman–Crippen LogP) is 2.31. The topological polar surface area (TPSA) is 56.5 Å². The van der Waals surface area contributed by atoms with Crippen molar-refractivity contribution >= 4 is 5.91 Å². The van der Waals surface area contributed by atoms with E-state index in [-0.39, 0.29) is 11.9 Å². The van der Waals surface area contributed by atoms with Gasteiger partial charge in [0.05, 0.1) is 18.7 Å². The van der Waals surface area contributed by atoms with Crippen molar-refractivity contribution in [3.63, 3.8) is 0 Å². The number of benzene rings is 1. The monoisotopic (exact) mass is 298 g/mol. The number of hydrogen-bond donors (Lipinski definition) is 0. The highest BCUT2D eigenvalue weighted by Crippen LogP contribution is 2.33. The molecule has 1 aliphatic heterocycles. The SMILES string of the molecule is COc1ccc(C2CCCN2C(=O)c2cc[n+]([O-])cc2)cc1. The zero-order chi connectivity index (χ0) is 15.5. The van der Waals surface area contributed by atoms with Crippen LogP contribution >= 0.6 is 0 Å². The largest absolute Gasteiger partial charge is 0.619 e. The summed E-state index contributed by atoms with van der Waals surface area (Å²) < 4.78 is 5.86. The van der Waals surface area contributed by atoms with Crippen molar-refractivity contribution in [3.8, 4) is 5.75 Å². The summed E-state index contributed by atoms with van der Waals surface area (Å²) in [6.07, 6.45) is 4.64. The Morgan fingerprint density at radius 1 is 1.23 bits per heavy atom. The third-order valence-electron chi connectivity index (χ3n) is 4.06. The molecule has 0 bridgehead atoms. The maximum absolute atomic E-state index is 12.7. The molecule has 1 unspecified atom stereocenters. The lowest BCUT2D eigenvalue weighted by Gasteiger charge is -2.25. The second-order valence-corrected chi connectivity index (χ2v) is 5.38. The van der Waals surface area contributed by atoms with Crippen molar-refractivity contribution in [2.45, 2.75) is 18.9 Å². The molecule has 1 aliphatic rings.